The first-order chi connectivity index (χ1) is 15.0. The molecule has 3 amide bonds. The van der Waals surface area contributed by atoms with Crippen molar-refractivity contribution in [1.82, 2.24) is 25.3 Å². The van der Waals surface area contributed by atoms with E-state index in [9.17, 15) is 14.4 Å². The molecule has 0 bridgehead atoms. The first-order valence-corrected chi connectivity index (χ1v) is 10.5. The molecule has 2 saturated heterocycles. The fourth-order valence-electron chi connectivity index (χ4n) is 3.59. The Labute approximate surface area is 182 Å². The number of piperazine rings is 2. The third kappa shape index (κ3) is 5.87. The van der Waals surface area contributed by atoms with Crippen LogP contribution in [0.2, 0.25) is 0 Å². The number of benzene rings is 1. The van der Waals surface area contributed by atoms with Gasteiger partial charge in [0.25, 0.3) is 5.91 Å². The maximum Gasteiger partial charge on any atom is 0.409 e. The summed E-state index contributed by atoms with van der Waals surface area (Å²) < 4.78 is 5.05. The average molecular weight is 431 g/mol. The molecule has 1 aromatic rings. The number of amides is 3. The van der Waals surface area contributed by atoms with Crippen LogP contribution in [0.4, 0.5) is 4.79 Å². The van der Waals surface area contributed by atoms with Crippen molar-refractivity contribution in [3.05, 3.63) is 35.4 Å². The molecule has 2 N–H and O–H groups in total. The molecule has 10 nitrogen and oxygen atoms in total. The summed E-state index contributed by atoms with van der Waals surface area (Å²) in [6.45, 7) is 6.37. The Hall–Kier alpha value is -3.30. The molecular weight excluding hydrogens is 400 g/mol. The van der Waals surface area contributed by atoms with Gasteiger partial charge in [0.1, 0.15) is 0 Å². The Morgan fingerprint density at radius 2 is 1.74 bits per heavy atom. The van der Waals surface area contributed by atoms with Crippen molar-refractivity contribution < 1.29 is 19.1 Å². The number of guanidine groups is 1. The van der Waals surface area contributed by atoms with Gasteiger partial charge in [0.15, 0.2) is 5.96 Å². The van der Waals surface area contributed by atoms with Crippen LogP contribution in [0.5, 0.6) is 0 Å². The predicted octanol–water partition coefficient (Wildman–Crippen LogP) is 0.108. The molecule has 1 aromatic carbocycles. The number of carbonyl (C=O) groups excluding carboxylic acids is 3. The van der Waals surface area contributed by atoms with E-state index in [2.05, 4.69) is 20.5 Å². The molecule has 31 heavy (non-hydrogen) atoms. The Bertz CT molecular complexity index is 818. The van der Waals surface area contributed by atoms with Crippen LogP contribution in [0.3, 0.4) is 0 Å². The second kappa shape index (κ2) is 10.6. The van der Waals surface area contributed by atoms with Crippen LogP contribution in [-0.4, -0.2) is 98.0 Å². The minimum atomic E-state index is -0.273. The van der Waals surface area contributed by atoms with Crippen LogP contribution >= 0.6 is 0 Å². The number of rotatable bonds is 4. The summed E-state index contributed by atoms with van der Waals surface area (Å²) in [5.74, 6) is 0.502. The van der Waals surface area contributed by atoms with Gasteiger partial charge in [0, 0.05) is 58.4 Å². The van der Waals surface area contributed by atoms with E-state index in [1.807, 2.05) is 12.1 Å². The number of nitrogens with one attached hydrogen (secondary N) is 2. The Balaban J connectivity index is 1.49. The molecule has 2 fully saturated rings. The number of nitrogens with zero attached hydrogens (tertiary/aromatic N) is 4. The van der Waals surface area contributed by atoms with Crippen molar-refractivity contribution in [3.63, 3.8) is 0 Å². The quantitative estimate of drug-likeness (QED) is 0.519. The van der Waals surface area contributed by atoms with Crippen molar-refractivity contribution in [2.45, 2.75) is 13.5 Å². The van der Waals surface area contributed by atoms with Gasteiger partial charge in [-0.2, -0.15) is 0 Å². The highest BCUT2D eigenvalue weighted by Gasteiger charge is 2.24. The fourth-order valence-corrected chi connectivity index (χ4v) is 3.59. The van der Waals surface area contributed by atoms with E-state index in [1.54, 1.807) is 35.9 Å². The zero-order chi connectivity index (χ0) is 22.2. The molecular formula is C21H30N6O4. The SMILES string of the molecule is CCOC(=O)N1CCN(C(=NC)NCc2ccc(C(=O)N3CCNC(=O)C3)cc2)CC1. The van der Waals surface area contributed by atoms with E-state index in [0.717, 1.165) is 11.5 Å². The Morgan fingerprint density at radius 1 is 1.06 bits per heavy atom. The van der Waals surface area contributed by atoms with Crippen LogP contribution in [0.15, 0.2) is 29.3 Å². The molecule has 0 aliphatic carbocycles. The molecule has 168 valence electrons. The Morgan fingerprint density at radius 3 is 2.35 bits per heavy atom. The number of hydrogen-bond donors (Lipinski definition) is 2. The maximum atomic E-state index is 12.6. The third-order valence-electron chi connectivity index (χ3n) is 5.29. The second-order valence-electron chi connectivity index (χ2n) is 7.35. The summed E-state index contributed by atoms with van der Waals surface area (Å²) in [5.41, 5.74) is 1.58. The van der Waals surface area contributed by atoms with Crippen molar-refractivity contribution in [2.24, 2.45) is 4.99 Å². The standard InChI is InChI=1S/C21H30N6O4/c1-3-31-21(30)26-12-10-25(11-13-26)20(22-2)24-14-16-4-6-17(7-5-16)19(29)27-9-8-23-18(28)15-27/h4-7H,3,8-15H2,1-2H3,(H,22,24)(H,23,28). The summed E-state index contributed by atoms with van der Waals surface area (Å²) in [6.07, 6.45) is -0.273. The lowest BCUT2D eigenvalue weighted by molar-refractivity contribution is -0.123. The molecule has 2 heterocycles. The maximum absolute atomic E-state index is 12.6. The van der Waals surface area contributed by atoms with Gasteiger partial charge in [-0.15, -0.1) is 0 Å². The molecule has 0 unspecified atom stereocenters. The van der Waals surface area contributed by atoms with Gasteiger partial charge in [-0.3, -0.25) is 14.6 Å². The molecule has 2 aliphatic heterocycles. The fraction of sp³-hybridized carbons (Fsp3) is 0.524. The zero-order valence-corrected chi connectivity index (χ0v) is 18.1. The van der Waals surface area contributed by atoms with Gasteiger partial charge in [-0.05, 0) is 24.6 Å². The first kappa shape index (κ1) is 22.4. The molecule has 10 heteroatoms. The largest absolute Gasteiger partial charge is 0.450 e. The minimum Gasteiger partial charge on any atom is -0.450 e. The molecule has 0 saturated carbocycles. The summed E-state index contributed by atoms with van der Waals surface area (Å²) >= 11 is 0. The summed E-state index contributed by atoms with van der Waals surface area (Å²) in [4.78, 5) is 45.6. The van der Waals surface area contributed by atoms with Crippen molar-refractivity contribution in [3.8, 4) is 0 Å². The molecule has 0 aromatic heterocycles. The van der Waals surface area contributed by atoms with Gasteiger partial charge in [0.2, 0.25) is 5.91 Å². The number of ether oxygens (including phenoxy) is 1. The normalized spacial score (nSPS) is 17.3. The number of carbonyl (C=O) groups is 3. The van der Waals surface area contributed by atoms with Gasteiger partial charge in [0.05, 0.1) is 13.2 Å². The highest BCUT2D eigenvalue weighted by molar-refractivity contribution is 5.97. The van der Waals surface area contributed by atoms with E-state index < -0.39 is 0 Å². The smallest absolute Gasteiger partial charge is 0.409 e. The van der Waals surface area contributed by atoms with Gasteiger partial charge in [-0.1, -0.05) is 12.1 Å². The predicted molar refractivity (Wildman–Crippen MR) is 116 cm³/mol. The first-order valence-electron chi connectivity index (χ1n) is 10.5. The van der Waals surface area contributed by atoms with E-state index in [4.69, 9.17) is 4.74 Å². The molecule has 0 radical (unpaired) electrons. The average Bonchev–Trinajstić information content (AvgIpc) is 2.80. The highest BCUT2D eigenvalue weighted by Crippen LogP contribution is 2.10. The topological polar surface area (TPSA) is 107 Å². The third-order valence-corrected chi connectivity index (χ3v) is 5.29. The van der Waals surface area contributed by atoms with Crippen LogP contribution in [-0.2, 0) is 16.1 Å². The van der Waals surface area contributed by atoms with Crippen LogP contribution in [0.25, 0.3) is 0 Å². The monoisotopic (exact) mass is 430 g/mol. The lowest BCUT2D eigenvalue weighted by atomic mass is 10.1. The summed E-state index contributed by atoms with van der Waals surface area (Å²) in [6, 6.07) is 7.37. The molecule has 0 spiro atoms. The lowest BCUT2D eigenvalue weighted by Crippen LogP contribution is -2.53. The van der Waals surface area contributed by atoms with E-state index in [0.29, 0.717) is 58.0 Å². The summed E-state index contributed by atoms with van der Waals surface area (Å²) in [7, 11) is 1.73. The molecule has 3 rings (SSSR count). The van der Waals surface area contributed by atoms with E-state index in [-0.39, 0.29) is 24.5 Å². The van der Waals surface area contributed by atoms with Gasteiger partial charge < -0.3 is 30.1 Å². The highest BCUT2D eigenvalue weighted by atomic mass is 16.6. The number of aliphatic imine (C=N–C) groups is 1. The van der Waals surface area contributed by atoms with Crippen LogP contribution < -0.4 is 10.6 Å². The van der Waals surface area contributed by atoms with E-state index >= 15 is 0 Å². The van der Waals surface area contributed by atoms with Crippen molar-refractivity contribution in [1.29, 1.82) is 0 Å². The van der Waals surface area contributed by atoms with Crippen LogP contribution in [0, 0.1) is 0 Å². The second-order valence-corrected chi connectivity index (χ2v) is 7.35. The van der Waals surface area contributed by atoms with Gasteiger partial charge in [-0.25, -0.2) is 4.79 Å². The molecule has 2 aliphatic rings. The Kier molecular flexibility index (Phi) is 7.69. The van der Waals surface area contributed by atoms with Gasteiger partial charge >= 0.3 is 6.09 Å². The van der Waals surface area contributed by atoms with Crippen molar-refractivity contribution >= 4 is 23.9 Å². The molecule has 0 atom stereocenters. The lowest BCUT2D eigenvalue weighted by Gasteiger charge is -2.35. The zero-order valence-electron chi connectivity index (χ0n) is 18.1. The van der Waals surface area contributed by atoms with Crippen molar-refractivity contribution in [2.75, 3.05) is 59.5 Å². The van der Waals surface area contributed by atoms with E-state index in [1.165, 1.54) is 0 Å². The van der Waals surface area contributed by atoms with Crippen LogP contribution in [0.1, 0.15) is 22.8 Å². The summed E-state index contributed by atoms with van der Waals surface area (Å²) in [5, 5.41) is 6.05. The minimum absolute atomic E-state index is 0.0991. The number of hydrogen-bond acceptors (Lipinski definition) is 5.